The second-order valence-electron chi connectivity index (χ2n) is 7.35. The summed E-state index contributed by atoms with van der Waals surface area (Å²) in [4.78, 5) is 33.2. The largest absolute Gasteiger partial charge is 0.497 e. The second-order valence-corrected chi connectivity index (χ2v) is 7.35. The van der Waals surface area contributed by atoms with Crippen molar-refractivity contribution >= 4 is 28.8 Å². The third-order valence-electron chi connectivity index (χ3n) is 4.57. The van der Waals surface area contributed by atoms with E-state index in [0.717, 1.165) is 11.0 Å². The number of benzene rings is 2. The van der Waals surface area contributed by atoms with E-state index in [-0.39, 0.29) is 11.8 Å². The number of methoxy groups -OCH3 is 2. The summed E-state index contributed by atoms with van der Waals surface area (Å²) in [5.41, 5.74) is 1.91. The van der Waals surface area contributed by atoms with Crippen molar-refractivity contribution in [3.8, 4) is 11.5 Å². The van der Waals surface area contributed by atoms with Crippen LogP contribution in [0.2, 0.25) is 0 Å². The zero-order valence-electron chi connectivity index (χ0n) is 17.5. The summed E-state index contributed by atoms with van der Waals surface area (Å²) < 4.78 is 10.4. The molecule has 8 heteroatoms. The van der Waals surface area contributed by atoms with E-state index >= 15 is 0 Å². The van der Waals surface area contributed by atoms with Crippen LogP contribution in [-0.4, -0.2) is 42.0 Å². The monoisotopic (exact) mass is 410 g/mol. The summed E-state index contributed by atoms with van der Waals surface area (Å²) in [5, 5.41) is 5.59. The summed E-state index contributed by atoms with van der Waals surface area (Å²) in [6.45, 7) is 3.98. The molecule has 1 heterocycles. The fourth-order valence-electron chi connectivity index (χ4n) is 3.10. The van der Waals surface area contributed by atoms with Crippen LogP contribution in [0.3, 0.4) is 0 Å². The van der Waals surface area contributed by atoms with Crippen LogP contribution in [0.4, 0.5) is 5.95 Å². The Bertz CT molecular complexity index is 989. The molecular formula is C22H26N4O4. The molecule has 0 saturated heterocycles. The minimum Gasteiger partial charge on any atom is -0.497 e. The number of aromatic amines is 1. The molecule has 1 aromatic heterocycles. The number of H-pyrrole nitrogens is 1. The molecule has 0 aliphatic carbocycles. The van der Waals surface area contributed by atoms with Crippen molar-refractivity contribution in [1.82, 2.24) is 15.3 Å². The van der Waals surface area contributed by atoms with Gasteiger partial charge in [-0.3, -0.25) is 14.9 Å². The van der Waals surface area contributed by atoms with Crippen molar-refractivity contribution in [2.24, 2.45) is 5.92 Å². The molecule has 2 amide bonds. The van der Waals surface area contributed by atoms with E-state index in [2.05, 4.69) is 20.6 Å². The Morgan fingerprint density at radius 3 is 2.33 bits per heavy atom. The highest BCUT2D eigenvalue weighted by Gasteiger charge is 2.24. The van der Waals surface area contributed by atoms with Crippen molar-refractivity contribution in [2.45, 2.75) is 26.3 Å². The predicted molar refractivity (Wildman–Crippen MR) is 115 cm³/mol. The number of fused-ring (bicyclic) bond motifs is 1. The van der Waals surface area contributed by atoms with Gasteiger partial charge in [-0.15, -0.1) is 0 Å². The van der Waals surface area contributed by atoms with Crippen molar-refractivity contribution in [1.29, 1.82) is 0 Å². The minimum absolute atomic E-state index is 0.191. The topological polar surface area (TPSA) is 105 Å². The first-order valence-corrected chi connectivity index (χ1v) is 9.69. The number of nitrogens with one attached hydrogen (secondary N) is 3. The zero-order valence-corrected chi connectivity index (χ0v) is 17.5. The van der Waals surface area contributed by atoms with Gasteiger partial charge in [0.25, 0.3) is 5.91 Å². The molecule has 1 unspecified atom stereocenters. The molecule has 8 nitrogen and oxygen atoms in total. The first kappa shape index (κ1) is 21.2. The number of anilines is 1. The Hall–Kier alpha value is -3.55. The number of amides is 2. The zero-order chi connectivity index (χ0) is 21.7. The molecule has 0 radical (unpaired) electrons. The van der Waals surface area contributed by atoms with Crippen LogP contribution >= 0.6 is 0 Å². The van der Waals surface area contributed by atoms with Crippen LogP contribution in [0.25, 0.3) is 11.0 Å². The van der Waals surface area contributed by atoms with Gasteiger partial charge in [0.05, 0.1) is 25.3 Å². The Morgan fingerprint density at radius 2 is 1.73 bits per heavy atom. The SMILES string of the molecule is COc1cc(OC)cc(C(=O)NC(CC(C)C)C(=O)Nc2nc3ccccc3[nH]2)c1. The van der Waals surface area contributed by atoms with E-state index in [1.54, 1.807) is 18.2 Å². The molecule has 158 valence electrons. The molecule has 0 aliphatic rings. The Balaban J connectivity index is 1.78. The number of carbonyl (C=O) groups is 2. The van der Waals surface area contributed by atoms with Gasteiger partial charge in [-0.1, -0.05) is 26.0 Å². The average molecular weight is 410 g/mol. The summed E-state index contributed by atoms with van der Waals surface area (Å²) in [6, 6.07) is 11.6. The maximum absolute atomic E-state index is 12.9. The normalized spacial score (nSPS) is 11.9. The summed E-state index contributed by atoms with van der Waals surface area (Å²) in [5.74, 6) is 0.783. The number of carbonyl (C=O) groups excluding carboxylic acids is 2. The molecule has 3 rings (SSSR count). The lowest BCUT2D eigenvalue weighted by atomic mass is 10.0. The van der Waals surface area contributed by atoms with Crippen LogP contribution in [0, 0.1) is 5.92 Å². The van der Waals surface area contributed by atoms with E-state index in [4.69, 9.17) is 9.47 Å². The van der Waals surface area contributed by atoms with Gasteiger partial charge >= 0.3 is 0 Å². The molecule has 0 saturated carbocycles. The molecule has 0 aliphatic heterocycles. The molecule has 2 aromatic carbocycles. The lowest BCUT2D eigenvalue weighted by Gasteiger charge is -2.20. The molecular weight excluding hydrogens is 384 g/mol. The predicted octanol–water partition coefficient (Wildman–Crippen LogP) is 3.36. The lowest BCUT2D eigenvalue weighted by molar-refractivity contribution is -0.118. The Morgan fingerprint density at radius 1 is 1.07 bits per heavy atom. The molecule has 3 N–H and O–H groups in total. The van der Waals surface area contributed by atoms with Crippen molar-refractivity contribution < 1.29 is 19.1 Å². The summed E-state index contributed by atoms with van der Waals surface area (Å²) >= 11 is 0. The second kappa shape index (κ2) is 9.30. The molecule has 0 spiro atoms. The quantitative estimate of drug-likeness (QED) is 0.528. The molecule has 3 aromatic rings. The van der Waals surface area contributed by atoms with Gasteiger partial charge < -0.3 is 19.8 Å². The van der Waals surface area contributed by atoms with E-state index < -0.39 is 11.9 Å². The van der Waals surface area contributed by atoms with Crippen LogP contribution in [-0.2, 0) is 4.79 Å². The van der Waals surface area contributed by atoms with Crippen LogP contribution < -0.4 is 20.1 Å². The number of para-hydroxylation sites is 2. The molecule has 30 heavy (non-hydrogen) atoms. The number of aromatic nitrogens is 2. The first-order chi connectivity index (χ1) is 14.4. The Kier molecular flexibility index (Phi) is 6.56. The number of hydrogen-bond donors (Lipinski definition) is 3. The van der Waals surface area contributed by atoms with Crippen LogP contribution in [0.15, 0.2) is 42.5 Å². The Labute approximate surface area is 175 Å². The smallest absolute Gasteiger partial charge is 0.252 e. The van der Waals surface area contributed by atoms with Gasteiger partial charge in [-0.25, -0.2) is 4.98 Å². The van der Waals surface area contributed by atoms with Gasteiger partial charge in [-0.05, 0) is 36.6 Å². The standard InChI is InChI=1S/C22H26N4O4/c1-13(2)9-19(21(28)26-22-24-17-7-5-6-8-18(17)25-22)23-20(27)14-10-15(29-3)12-16(11-14)30-4/h5-8,10-13,19H,9H2,1-4H3,(H,23,27)(H2,24,25,26,28). The van der Waals surface area contributed by atoms with E-state index in [1.807, 2.05) is 38.1 Å². The number of nitrogens with zero attached hydrogens (tertiary/aromatic N) is 1. The van der Waals surface area contributed by atoms with Crippen LogP contribution in [0.1, 0.15) is 30.6 Å². The molecule has 0 bridgehead atoms. The number of hydrogen-bond acceptors (Lipinski definition) is 5. The van der Waals surface area contributed by atoms with Crippen LogP contribution in [0.5, 0.6) is 11.5 Å². The van der Waals surface area contributed by atoms with Gasteiger partial charge in [-0.2, -0.15) is 0 Å². The maximum Gasteiger partial charge on any atom is 0.252 e. The van der Waals surface area contributed by atoms with Crippen molar-refractivity contribution in [3.63, 3.8) is 0 Å². The highest BCUT2D eigenvalue weighted by molar-refractivity contribution is 6.01. The van der Waals surface area contributed by atoms with E-state index in [9.17, 15) is 9.59 Å². The van der Waals surface area contributed by atoms with Gasteiger partial charge in [0, 0.05) is 11.6 Å². The van der Waals surface area contributed by atoms with Gasteiger partial charge in [0.1, 0.15) is 17.5 Å². The molecule has 0 fully saturated rings. The van der Waals surface area contributed by atoms with Gasteiger partial charge in [0.15, 0.2) is 0 Å². The summed E-state index contributed by atoms with van der Waals surface area (Å²) in [7, 11) is 3.03. The molecule has 1 atom stereocenters. The number of ether oxygens (including phenoxy) is 2. The first-order valence-electron chi connectivity index (χ1n) is 9.69. The average Bonchev–Trinajstić information content (AvgIpc) is 3.14. The van der Waals surface area contributed by atoms with Crippen molar-refractivity contribution in [3.05, 3.63) is 48.0 Å². The number of imidazole rings is 1. The highest BCUT2D eigenvalue weighted by atomic mass is 16.5. The fourth-order valence-corrected chi connectivity index (χ4v) is 3.10. The van der Waals surface area contributed by atoms with Gasteiger partial charge in [0.2, 0.25) is 11.9 Å². The van der Waals surface area contributed by atoms with E-state index in [0.29, 0.717) is 29.4 Å². The fraction of sp³-hybridized carbons (Fsp3) is 0.318. The highest BCUT2D eigenvalue weighted by Crippen LogP contribution is 2.23. The third kappa shape index (κ3) is 5.08. The van der Waals surface area contributed by atoms with Crippen molar-refractivity contribution in [2.75, 3.05) is 19.5 Å². The van der Waals surface area contributed by atoms with E-state index in [1.165, 1.54) is 14.2 Å². The minimum atomic E-state index is -0.733. The number of rotatable bonds is 8. The summed E-state index contributed by atoms with van der Waals surface area (Å²) in [6.07, 6.45) is 0.471. The maximum atomic E-state index is 12.9. The lowest BCUT2D eigenvalue weighted by Crippen LogP contribution is -2.44. The third-order valence-corrected chi connectivity index (χ3v) is 4.57.